The second-order valence-corrected chi connectivity index (χ2v) is 26.0. The summed E-state index contributed by atoms with van der Waals surface area (Å²) in [5, 5.41) is 12.8. The van der Waals surface area contributed by atoms with Gasteiger partial charge in [0.25, 0.3) is 0 Å². The molecule has 4 N–H and O–H groups in total. The molecule has 2 aliphatic rings. The van der Waals surface area contributed by atoms with Gasteiger partial charge in [-0.15, -0.1) is 0 Å². The number of amides is 4. The first-order valence-corrected chi connectivity index (χ1v) is 30.0. The standard InChI is InChI=1S/C71H92N8O8/c1-46-42-57(76-64(80)84-68(7,8)9)48(3)40-55(46)74-54-36-37-61(51(6)63(54)73-53-34-28-25-29-35-53)78(66(82)86-70(13,14)15)38-30-22-20-19-21-23-31-39-79(67(83)87-71(16,17)18)62-45-60(72-52-32-26-24-27-33-52)59(44-50(62)5)75-56-41-49(4)58(43-47(56)2)77-65(81)85-69(10,11)12/h24-29,32-37,40-45,72-73H,1-2,19-23,30-31,38-39H2,3-18H3,(H,76,80)(H,77,81). The zero-order valence-corrected chi connectivity index (χ0v) is 54.2. The van der Waals surface area contributed by atoms with E-state index in [9.17, 15) is 19.2 Å². The number of aryl methyl sites for hydroxylation is 1. The molecular weight excluding hydrogens is 1090 g/mol. The van der Waals surface area contributed by atoms with Gasteiger partial charge in [0.05, 0.1) is 45.5 Å². The lowest BCUT2D eigenvalue weighted by Gasteiger charge is -2.29. The van der Waals surface area contributed by atoms with Crippen LogP contribution in [0.3, 0.4) is 0 Å². The Kier molecular flexibility index (Phi) is 22.6. The first-order chi connectivity index (χ1) is 40.7. The van der Waals surface area contributed by atoms with Crippen LogP contribution in [0.4, 0.5) is 64.7 Å². The SMILES string of the molecule is C=C1C=C(NC(=O)OC(C)(C)C)C(C)=CC1=Nc1cc(C)c(N(CCCCCCCCCN(C(=O)OC(C)(C)C)c2ccc(N=C3C=C(C)C(NC(=O)OC(C)(C)C)=CC3=C)c(Nc3ccccc3)c2C)C(=O)OC(C)(C)C)cc1Nc1ccccc1. The normalized spacial score (nSPS) is 14.7. The number of hydrogen-bond donors (Lipinski definition) is 4. The van der Waals surface area contributed by atoms with Crippen LogP contribution in [0.1, 0.15) is 153 Å². The quantitative estimate of drug-likeness (QED) is 0.0490. The van der Waals surface area contributed by atoms with Gasteiger partial charge in [-0.25, -0.2) is 29.2 Å². The molecular formula is C71H92N8O8. The van der Waals surface area contributed by atoms with E-state index in [1.54, 1.807) is 22.0 Å². The van der Waals surface area contributed by atoms with Crippen molar-refractivity contribution in [3.05, 3.63) is 167 Å². The van der Waals surface area contributed by atoms with Crippen molar-refractivity contribution in [2.24, 2.45) is 9.98 Å². The van der Waals surface area contributed by atoms with Crippen LogP contribution in [0.2, 0.25) is 0 Å². The van der Waals surface area contributed by atoms with Crippen LogP contribution in [0, 0.1) is 13.8 Å². The van der Waals surface area contributed by atoms with Crippen LogP contribution in [-0.2, 0) is 18.9 Å². The number of carbonyl (C=O) groups is 4. The first-order valence-electron chi connectivity index (χ1n) is 30.0. The van der Waals surface area contributed by atoms with E-state index < -0.39 is 46.8 Å². The van der Waals surface area contributed by atoms with E-state index in [1.165, 1.54) is 0 Å². The average Bonchev–Trinajstić information content (AvgIpc) is 0.936. The van der Waals surface area contributed by atoms with Gasteiger partial charge in [0.15, 0.2) is 0 Å². The van der Waals surface area contributed by atoms with Crippen LogP contribution in [0.5, 0.6) is 0 Å². The van der Waals surface area contributed by atoms with Crippen molar-refractivity contribution >= 4 is 81.3 Å². The third kappa shape index (κ3) is 21.1. The molecule has 0 radical (unpaired) electrons. The monoisotopic (exact) mass is 1180 g/mol. The van der Waals surface area contributed by atoms with Crippen molar-refractivity contribution in [2.45, 2.75) is 178 Å². The van der Waals surface area contributed by atoms with Gasteiger partial charge in [-0.2, -0.15) is 0 Å². The smallest absolute Gasteiger partial charge is 0.414 e. The Morgan fingerprint density at radius 3 is 1.31 bits per heavy atom. The molecule has 2 aliphatic carbocycles. The fourth-order valence-corrected chi connectivity index (χ4v) is 9.45. The Morgan fingerprint density at radius 2 is 0.874 bits per heavy atom. The van der Waals surface area contributed by atoms with Gasteiger partial charge in [0.2, 0.25) is 0 Å². The van der Waals surface area contributed by atoms with Crippen LogP contribution in [0.25, 0.3) is 0 Å². The molecule has 0 bridgehead atoms. The third-order valence-corrected chi connectivity index (χ3v) is 13.5. The lowest BCUT2D eigenvalue weighted by molar-refractivity contribution is 0.0535. The highest BCUT2D eigenvalue weighted by molar-refractivity contribution is 6.15. The average molecular weight is 1190 g/mol. The molecule has 0 spiro atoms. The summed E-state index contributed by atoms with van der Waals surface area (Å²) in [5.41, 5.74) is 9.80. The van der Waals surface area contributed by atoms with E-state index in [1.807, 2.05) is 208 Å². The molecule has 0 atom stereocenters. The summed E-state index contributed by atoms with van der Waals surface area (Å²) in [4.78, 5) is 67.4. The van der Waals surface area contributed by atoms with Crippen molar-refractivity contribution in [2.75, 3.05) is 33.5 Å². The predicted octanol–water partition coefficient (Wildman–Crippen LogP) is 18.7. The maximum Gasteiger partial charge on any atom is 0.414 e. The number of para-hydroxylation sites is 2. The molecule has 0 saturated heterocycles. The summed E-state index contributed by atoms with van der Waals surface area (Å²) in [7, 11) is 0. The van der Waals surface area contributed by atoms with Crippen molar-refractivity contribution in [1.82, 2.24) is 10.6 Å². The summed E-state index contributed by atoms with van der Waals surface area (Å²) in [6, 6.07) is 27.4. The minimum atomic E-state index is -0.732. The second-order valence-electron chi connectivity index (χ2n) is 26.0. The highest BCUT2D eigenvalue weighted by Gasteiger charge is 2.29. The Hall–Kier alpha value is -8.66. The number of carbonyl (C=O) groups excluding carboxylic acids is 4. The first kappa shape index (κ1) is 67.5. The van der Waals surface area contributed by atoms with E-state index >= 15 is 0 Å². The summed E-state index contributed by atoms with van der Waals surface area (Å²) >= 11 is 0. The van der Waals surface area contributed by atoms with Gasteiger partial charge in [-0.05, 0) is 230 Å². The highest BCUT2D eigenvalue weighted by atomic mass is 16.6. The van der Waals surface area contributed by atoms with Gasteiger partial charge in [-0.1, -0.05) is 81.7 Å². The summed E-state index contributed by atoms with van der Waals surface area (Å²) < 4.78 is 23.1. The zero-order valence-electron chi connectivity index (χ0n) is 54.2. The van der Waals surface area contributed by atoms with Crippen LogP contribution >= 0.6 is 0 Å². The van der Waals surface area contributed by atoms with Crippen LogP contribution in [0.15, 0.2) is 166 Å². The third-order valence-electron chi connectivity index (χ3n) is 13.5. The van der Waals surface area contributed by atoms with Crippen molar-refractivity contribution in [3.63, 3.8) is 0 Å². The van der Waals surface area contributed by atoms with E-state index in [0.29, 0.717) is 75.5 Å². The maximum absolute atomic E-state index is 14.2. The number of alkyl carbamates (subject to hydrolysis) is 2. The largest absolute Gasteiger partial charge is 0.444 e. The lowest BCUT2D eigenvalue weighted by atomic mass is 9.99. The Labute approximate surface area is 516 Å². The van der Waals surface area contributed by atoms with E-state index in [2.05, 4.69) is 34.4 Å². The molecule has 16 heteroatoms. The Morgan fingerprint density at radius 1 is 0.471 bits per heavy atom. The number of rotatable bonds is 20. The molecule has 4 aromatic rings. The Bertz CT molecular complexity index is 3250. The van der Waals surface area contributed by atoms with Gasteiger partial charge in [0, 0.05) is 35.9 Å². The molecule has 0 aromatic heterocycles. The van der Waals surface area contributed by atoms with Crippen LogP contribution in [-0.4, -0.2) is 71.3 Å². The summed E-state index contributed by atoms with van der Waals surface area (Å²) in [6.45, 7) is 39.2. The molecule has 4 amide bonds. The molecule has 0 saturated carbocycles. The number of anilines is 6. The molecule has 0 fully saturated rings. The molecule has 4 aromatic carbocycles. The van der Waals surface area contributed by atoms with Gasteiger partial charge >= 0.3 is 24.4 Å². The lowest BCUT2D eigenvalue weighted by Crippen LogP contribution is -2.38. The van der Waals surface area contributed by atoms with Gasteiger partial charge in [-0.3, -0.25) is 20.4 Å². The predicted molar refractivity (Wildman–Crippen MR) is 356 cm³/mol. The fraction of sp³-hybridized carbons (Fsp3) is 0.408. The van der Waals surface area contributed by atoms with Crippen molar-refractivity contribution < 1.29 is 38.1 Å². The van der Waals surface area contributed by atoms with Crippen molar-refractivity contribution in [1.29, 1.82) is 0 Å². The highest BCUT2D eigenvalue weighted by Crippen LogP contribution is 2.41. The maximum atomic E-state index is 14.2. The van der Waals surface area contributed by atoms with E-state index in [-0.39, 0.29) is 0 Å². The minimum absolute atomic E-state index is 0.429. The van der Waals surface area contributed by atoms with Gasteiger partial charge < -0.3 is 29.6 Å². The molecule has 6 rings (SSSR count). The minimum Gasteiger partial charge on any atom is -0.444 e. The number of nitrogens with zero attached hydrogens (tertiary/aromatic N) is 4. The molecule has 16 nitrogen and oxygen atoms in total. The van der Waals surface area contributed by atoms with Gasteiger partial charge in [0.1, 0.15) is 22.4 Å². The van der Waals surface area contributed by atoms with Crippen LogP contribution < -0.4 is 31.1 Å². The number of benzene rings is 4. The zero-order chi connectivity index (χ0) is 64.0. The summed E-state index contributed by atoms with van der Waals surface area (Å²) in [6.07, 6.45) is 11.4. The number of hydrogen-bond acceptors (Lipinski definition) is 12. The molecule has 0 aliphatic heterocycles. The number of nitrogens with one attached hydrogen (secondary N) is 4. The molecule has 0 unspecified atom stereocenters. The molecule has 87 heavy (non-hydrogen) atoms. The van der Waals surface area contributed by atoms with E-state index in [4.69, 9.17) is 28.9 Å². The van der Waals surface area contributed by atoms with Crippen molar-refractivity contribution in [3.8, 4) is 0 Å². The topological polar surface area (TPSA) is 185 Å². The molecule has 0 heterocycles. The summed E-state index contributed by atoms with van der Waals surface area (Å²) in [5.74, 6) is 0. The number of aliphatic imine (C=N–C) groups is 2. The number of allylic oxidation sites excluding steroid dienone is 8. The Balaban J connectivity index is 1.16. The number of ether oxygens (including phenoxy) is 4. The van der Waals surface area contributed by atoms with E-state index in [0.717, 1.165) is 84.3 Å². The second kappa shape index (κ2) is 29.2. The fourth-order valence-electron chi connectivity index (χ4n) is 9.45. The molecule has 464 valence electrons. The number of unbranched alkanes of at least 4 members (excludes halogenated alkanes) is 6.